The van der Waals surface area contributed by atoms with Crippen molar-refractivity contribution in [3.8, 4) is 33.4 Å². The number of aryl methyl sites for hydroxylation is 10. The second-order valence-electron chi connectivity index (χ2n) is 20.4. The van der Waals surface area contributed by atoms with E-state index in [4.69, 9.17) is 0 Å². The number of benzene rings is 9. The molecule has 9 aromatic rings. The molecule has 364 valence electrons. The summed E-state index contributed by atoms with van der Waals surface area (Å²) in [5.41, 5.74) is 25.3. The second kappa shape index (κ2) is 24.1. The highest BCUT2D eigenvalue weighted by Crippen LogP contribution is 2.52. The van der Waals surface area contributed by atoms with Gasteiger partial charge in [0.25, 0.3) is 0 Å². The molecule has 9 aromatic carbocycles. The average molecular weight is 955 g/mol. The zero-order valence-electron chi connectivity index (χ0n) is 45.0. The van der Waals surface area contributed by atoms with Gasteiger partial charge >= 0.3 is 0 Å². The highest BCUT2D eigenvalue weighted by molar-refractivity contribution is 7.27. The Hall–Kier alpha value is -6.40. The normalized spacial score (nSPS) is 11.7. The summed E-state index contributed by atoms with van der Waals surface area (Å²) < 4.78 is 12.6. The largest absolute Gasteiger partial charge is 0.207 e. The lowest BCUT2D eigenvalue weighted by Crippen LogP contribution is -2.15. The van der Waals surface area contributed by atoms with Gasteiger partial charge in [-0.05, 0) is 191 Å². The summed E-state index contributed by atoms with van der Waals surface area (Å²) in [5.74, 6) is 0.481. The van der Waals surface area contributed by atoms with Gasteiger partial charge in [-0.1, -0.05) is 216 Å². The zero-order chi connectivity index (χ0) is 51.6. The van der Waals surface area contributed by atoms with E-state index in [9.17, 15) is 4.39 Å². The smallest absolute Gasteiger partial charge is 0.126 e. The summed E-state index contributed by atoms with van der Waals surface area (Å²) in [4.78, 5) is 0. The van der Waals surface area contributed by atoms with Gasteiger partial charge in [-0.15, -0.1) is 9.24 Å². The van der Waals surface area contributed by atoms with Crippen LogP contribution in [0.2, 0.25) is 0 Å². The van der Waals surface area contributed by atoms with Crippen LogP contribution >= 0.6 is 9.24 Å². The Balaban J connectivity index is 0.000000151. The average Bonchev–Trinajstić information content (AvgIpc) is 3.56. The van der Waals surface area contributed by atoms with E-state index in [1.807, 2.05) is 13.0 Å². The van der Waals surface area contributed by atoms with E-state index in [0.717, 1.165) is 12.0 Å². The molecule has 0 radical (unpaired) electrons. The van der Waals surface area contributed by atoms with Gasteiger partial charge < -0.3 is 0 Å². The Kier molecular flexibility index (Phi) is 18.3. The minimum Gasteiger partial charge on any atom is -0.207 e. The lowest BCUT2D eigenvalue weighted by atomic mass is 9.81. The van der Waals surface area contributed by atoms with Crippen LogP contribution < -0.4 is 5.30 Å². The Labute approximate surface area is 429 Å². The molecule has 0 spiro atoms. The molecular formula is C69H76FP. The molecule has 0 fully saturated rings. The third kappa shape index (κ3) is 13.3. The van der Waals surface area contributed by atoms with Crippen LogP contribution in [0.25, 0.3) is 44.2 Å². The van der Waals surface area contributed by atoms with Gasteiger partial charge in [-0.2, -0.15) is 0 Å². The van der Waals surface area contributed by atoms with Crippen molar-refractivity contribution in [2.45, 2.75) is 115 Å². The molecule has 0 bridgehead atoms. The van der Waals surface area contributed by atoms with Crippen LogP contribution in [0.15, 0.2) is 176 Å². The summed E-state index contributed by atoms with van der Waals surface area (Å²) in [5, 5.41) is 4.02. The minimum absolute atomic E-state index is 0.0888. The van der Waals surface area contributed by atoms with Crippen molar-refractivity contribution in [2.24, 2.45) is 0 Å². The molecule has 1 aliphatic carbocycles. The van der Waals surface area contributed by atoms with Gasteiger partial charge in [0, 0.05) is 5.41 Å². The highest BCUT2D eigenvalue weighted by atomic mass is 31.0. The fourth-order valence-electron chi connectivity index (χ4n) is 9.59. The molecule has 10 rings (SSSR count). The van der Waals surface area contributed by atoms with E-state index < -0.39 is 0 Å². The Bertz CT molecular complexity index is 3240. The quantitative estimate of drug-likeness (QED) is 0.154. The summed E-state index contributed by atoms with van der Waals surface area (Å²) >= 11 is 0. The van der Waals surface area contributed by atoms with Crippen molar-refractivity contribution >= 4 is 25.3 Å². The van der Waals surface area contributed by atoms with Crippen LogP contribution in [0, 0.1) is 68.1 Å². The predicted molar refractivity (Wildman–Crippen MR) is 314 cm³/mol. The predicted octanol–water partition coefficient (Wildman–Crippen LogP) is 19.3. The first-order valence-electron chi connectivity index (χ1n) is 25.3. The fraction of sp³-hybridized carbons (Fsp3) is 0.246. The van der Waals surface area contributed by atoms with E-state index in [-0.39, 0.29) is 11.2 Å². The number of halogens is 1. The maximum absolute atomic E-state index is 12.6. The van der Waals surface area contributed by atoms with Crippen molar-refractivity contribution in [3.63, 3.8) is 0 Å². The van der Waals surface area contributed by atoms with Crippen LogP contribution in [0.5, 0.6) is 0 Å². The zero-order valence-corrected chi connectivity index (χ0v) is 46.1. The molecule has 0 nitrogen and oxygen atoms in total. The lowest BCUT2D eigenvalue weighted by Gasteiger charge is -2.22. The van der Waals surface area contributed by atoms with E-state index >= 15 is 0 Å². The second-order valence-corrected chi connectivity index (χ2v) is 21.0. The van der Waals surface area contributed by atoms with Crippen molar-refractivity contribution in [2.75, 3.05) is 0 Å². The molecule has 71 heavy (non-hydrogen) atoms. The van der Waals surface area contributed by atoms with E-state index in [1.54, 1.807) is 13.0 Å². The molecule has 0 saturated heterocycles. The van der Waals surface area contributed by atoms with E-state index in [2.05, 4.69) is 250 Å². The highest BCUT2D eigenvalue weighted by Gasteiger charge is 2.36. The Morgan fingerprint density at radius 1 is 0.423 bits per heavy atom. The van der Waals surface area contributed by atoms with Gasteiger partial charge in [0.1, 0.15) is 5.82 Å². The molecule has 0 saturated carbocycles. The molecule has 0 aromatic heterocycles. The topological polar surface area (TPSA) is 0 Å². The Morgan fingerprint density at radius 2 is 0.944 bits per heavy atom. The summed E-state index contributed by atoms with van der Waals surface area (Å²) in [7, 11) is 2.66. The minimum atomic E-state index is -0.116. The summed E-state index contributed by atoms with van der Waals surface area (Å²) in [6.07, 6.45) is 1.11. The molecular weight excluding hydrogens is 879 g/mol. The first-order valence-corrected chi connectivity index (χ1v) is 25.9. The summed E-state index contributed by atoms with van der Waals surface area (Å²) in [6, 6.07) is 62.4. The maximum atomic E-state index is 12.6. The van der Waals surface area contributed by atoms with Crippen LogP contribution in [0.4, 0.5) is 4.39 Å². The lowest BCUT2D eigenvalue weighted by molar-refractivity contribution is 0.617. The van der Waals surface area contributed by atoms with Crippen LogP contribution in [-0.2, 0) is 11.8 Å². The molecule has 1 aliphatic rings. The van der Waals surface area contributed by atoms with Crippen LogP contribution in [0.1, 0.15) is 113 Å². The third-order valence-corrected chi connectivity index (χ3v) is 14.3. The monoisotopic (exact) mass is 955 g/mol. The first-order chi connectivity index (χ1) is 33.8. The standard InChI is InChI=1S/C21H20.C17H20.C16H18.C8H9F.C7H9P/c1-13-9-10-17-18(11-13)21(3,4)19-12-14(2)15-7-5-6-8-16(15)20(17)19;1-12(2)15-9-10-17(14(4)11-15)16-8-6-5-7-13(16)3;1-4-14-9-10-16(13(3)11-14)15-8-6-5-7-12(15)2;1-6-3-4-7(2)8(9)5-6;1-6-3-2-4-7(8)5-6/h5-12H,1-4H3;5-12H,1-4H3;5-11H,4H2,1-3H3;3-5H,1-2H3;2-5H,8H2,1H3. The number of hydrogen-bond donors (Lipinski definition) is 0. The van der Waals surface area contributed by atoms with Crippen molar-refractivity contribution in [1.82, 2.24) is 0 Å². The van der Waals surface area contributed by atoms with Crippen molar-refractivity contribution < 1.29 is 4.39 Å². The number of hydrogen-bond acceptors (Lipinski definition) is 0. The number of rotatable bonds is 4. The van der Waals surface area contributed by atoms with Crippen molar-refractivity contribution in [3.05, 3.63) is 254 Å². The van der Waals surface area contributed by atoms with E-state index in [0.29, 0.717) is 11.5 Å². The van der Waals surface area contributed by atoms with Crippen LogP contribution in [-0.4, -0.2) is 0 Å². The summed E-state index contributed by atoms with van der Waals surface area (Å²) in [6.45, 7) is 30.3. The van der Waals surface area contributed by atoms with Gasteiger partial charge in [0.15, 0.2) is 0 Å². The van der Waals surface area contributed by atoms with Crippen molar-refractivity contribution in [1.29, 1.82) is 0 Å². The SMILES string of the molecule is CCc1ccc(-c2ccccc2C)c(C)c1.Cc1ccc(C)c(F)c1.Cc1ccc2c(c1)C(C)(C)c1cc(C)c3ccccc3c1-2.Cc1cccc(P)c1.Cc1ccccc1-c1ccc(C(C)C)cc1C. The van der Waals surface area contributed by atoms with Crippen LogP contribution in [0.3, 0.4) is 0 Å². The van der Waals surface area contributed by atoms with Gasteiger partial charge in [-0.3, -0.25) is 0 Å². The number of fused-ring (bicyclic) bond motifs is 5. The molecule has 1 unspecified atom stereocenters. The fourth-order valence-corrected chi connectivity index (χ4v) is 9.97. The third-order valence-electron chi connectivity index (χ3n) is 13.9. The van der Waals surface area contributed by atoms with Gasteiger partial charge in [-0.25, -0.2) is 4.39 Å². The molecule has 0 N–H and O–H groups in total. The van der Waals surface area contributed by atoms with Gasteiger partial charge in [0.2, 0.25) is 0 Å². The molecule has 0 heterocycles. The molecule has 0 amide bonds. The maximum Gasteiger partial charge on any atom is 0.126 e. The first kappa shape index (κ1) is 53.9. The molecule has 2 heteroatoms. The molecule has 0 aliphatic heterocycles. The molecule has 1 atom stereocenters. The van der Waals surface area contributed by atoms with Gasteiger partial charge in [0.05, 0.1) is 0 Å². The van der Waals surface area contributed by atoms with E-state index in [1.165, 1.54) is 117 Å². The Morgan fingerprint density at radius 3 is 1.46 bits per heavy atom.